The third-order valence-electron chi connectivity index (χ3n) is 3.55. The van der Waals surface area contributed by atoms with Gasteiger partial charge >= 0.3 is 0 Å². The molecule has 0 bridgehead atoms. The van der Waals surface area contributed by atoms with Crippen LogP contribution < -0.4 is 5.32 Å². The van der Waals surface area contributed by atoms with Crippen LogP contribution in [-0.2, 0) is 6.42 Å². The maximum Gasteiger partial charge on any atom is 0.271 e. The lowest BCUT2D eigenvalue weighted by Gasteiger charge is -2.14. The number of hydrogen-bond acceptors (Lipinski definition) is 2. The first kappa shape index (κ1) is 15.0. The highest BCUT2D eigenvalue weighted by Crippen LogP contribution is 2.35. The van der Waals surface area contributed by atoms with E-state index in [-0.39, 0.29) is 11.9 Å². The van der Waals surface area contributed by atoms with E-state index in [2.05, 4.69) is 42.2 Å². The molecule has 1 amide bonds. The normalized spacial score (nSPS) is 16.6. The number of carbonyl (C=O) groups is 1. The van der Waals surface area contributed by atoms with Gasteiger partial charge in [0.1, 0.15) is 10.3 Å². The highest BCUT2D eigenvalue weighted by Gasteiger charge is 2.26. The van der Waals surface area contributed by atoms with Crippen molar-refractivity contribution in [1.29, 1.82) is 0 Å². The van der Waals surface area contributed by atoms with Gasteiger partial charge in [0.2, 0.25) is 0 Å². The molecule has 1 N–H and O–H groups in total. The summed E-state index contributed by atoms with van der Waals surface area (Å²) in [5.74, 6) is -0.194. The molecule has 0 spiro atoms. The maximum atomic E-state index is 12.4. The quantitative estimate of drug-likeness (QED) is 0.703. The van der Waals surface area contributed by atoms with E-state index in [0.29, 0.717) is 14.8 Å². The molecule has 108 valence electrons. The van der Waals surface area contributed by atoms with Crippen LogP contribution in [0.25, 0.3) is 0 Å². The average Bonchev–Trinajstić information content (AvgIpc) is 2.86. The van der Waals surface area contributed by atoms with Crippen molar-refractivity contribution in [3.8, 4) is 0 Å². The number of fused-ring (bicyclic) bond motifs is 1. The molecule has 1 atom stereocenters. The highest BCUT2D eigenvalue weighted by molar-refractivity contribution is 9.11. The number of rotatable bonds is 2. The van der Waals surface area contributed by atoms with Gasteiger partial charge in [0.15, 0.2) is 0 Å². The second-order valence-corrected chi connectivity index (χ2v) is 6.91. The first-order valence-corrected chi connectivity index (χ1v) is 8.43. The fraction of sp³-hybridized carbons (Fsp3) is 0.200. The standard InChI is InChI=1S/C15H11Br2ClN2O/c16-10-5-7-13(17)20-14(10)15(21)19-12-6-4-8-9(12)2-1-3-11(8)18/h1-3,5,7,12H,4,6H2,(H,19,21)/t12-/m1/s1. The monoisotopic (exact) mass is 428 g/mol. The number of aromatic nitrogens is 1. The van der Waals surface area contributed by atoms with E-state index in [1.54, 1.807) is 12.1 Å². The van der Waals surface area contributed by atoms with Crippen molar-refractivity contribution in [2.24, 2.45) is 0 Å². The second kappa shape index (κ2) is 6.07. The lowest BCUT2D eigenvalue weighted by molar-refractivity contribution is 0.0930. The first-order valence-electron chi connectivity index (χ1n) is 6.46. The fourth-order valence-corrected chi connectivity index (χ4v) is 3.55. The van der Waals surface area contributed by atoms with Crippen LogP contribution >= 0.6 is 43.5 Å². The first-order chi connectivity index (χ1) is 10.1. The summed E-state index contributed by atoms with van der Waals surface area (Å²) < 4.78 is 1.30. The van der Waals surface area contributed by atoms with Gasteiger partial charge in [-0.15, -0.1) is 0 Å². The molecule has 0 unspecified atom stereocenters. The highest BCUT2D eigenvalue weighted by atomic mass is 79.9. The Hall–Kier alpha value is -0.910. The van der Waals surface area contributed by atoms with Crippen LogP contribution in [0.3, 0.4) is 0 Å². The molecule has 1 aromatic heterocycles. The summed E-state index contributed by atoms with van der Waals surface area (Å²) in [5, 5.41) is 3.81. The van der Waals surface area contributed by atoms with E-state index in [1.165, 1.54) is 0 Å². The van der Waals surface area contributed by atoms with Gasteiger partial charge in [-0.3, -0.25) is 4.79 Å². The van der Waals surface area contributed by atoms with Crippen molar-refractivity contribution < 1.29 is 4.79 Å². The molecule has 1 aliphatic carbocycles. The topological polar surface area (TPSA) is 42.0 Å². The van der Waals surface area contributed by atoms with Crippen LogP contribution in [0.2, 0.25) is 5.02 Å². The van der Waals surface area contributed by atoms with Crippen molar-refractivity contribution in [3.63, 3.8) is 0 Å². The molecule has 6 heteroatoms. The Kier molecular flexibility index (Phi) is 4.33. The van der Waals surface area contributed by atoms with Gasteiger partial charge in [0.05, 0.1) is 6.04 Å². The minimum absolute atomic E-state index is 0.0149. The number of carbonyl (C=O) groups excluding carboxylic acids is 1. The lowest BCUT2D eigenvalue weighted by Crippen LogP contribution is -2.28. The summed E-state index contributed by atoms with van der Waals surface area (Å²) in [5.41, 5.74) is 2.60. The van der Waals surface area contributed by atoms with Crippen LogP contribution in [0.4, 0.5) is 0 Å². The minimum Gasteiger partial charge on any atom is -0.344 e. The van der Waals surface area contributed by atoms with Gasteiger partial charge in [0.25, 0.3) is 5.91 Å². The number of nitrogens with one attached hydrogen (secondary N) is 1. The predicted octanol–water partition coefficient (Wildman–Crippen LogP) is 4.68. The summed E-state index contributed by atoms with van der Waals surface area (Å²) in [6, 6.07) is 9.38. The van der Waals surface area contributed by atoms with Gasteiger partial charge in [-0.05, 0) is 74.0 Å². The molecule has 2 aromatic rings. The molecule has 0 fully saturated rings. The van der Waals surface area contributed by atoms with Gasteiger partial charge in [-0.2, -0.15) is 0 Å². The van der Waals surface area contributed by atoms with Gasteiger partial charge in [-0.1, -0.05) is 23.7 Å². The Morgan fingerprint density at radius 2 is 2.10 bits per heavy atom. The number of benzene rings is 1. The third-order valence-corrected chi connectivity index (χ3v) is 4.98. The molecular weight excluding hydrogens is 419 g/mol. The zero-order chi connectivity index (χ0) is 15.0. The molecule has 0 aliphatic heterocycles. The molecule has 3 rings (SSSR count). The lowest BCUT2D eigenvalue weighted by atomic mass is 10.1. The number of nitrogens with zero attached hydrogens (tertiary/aromatic N) is 1. The van der Waals surface area contributed by atoms with E-state index in [9.17, 15) is 4.79 Å². The van der Waals surface area contributed by atoms with Crippen LogP contribution in [0.15, 0.2) is 39.4 Å². The Bertz CT molecular complexity index is 721. The van der Waals surface area contributed by atoms with Gasteiger partial charge in [-0.25, -0.2) is 4.98 Å². The Morgan fingerprint density at radius 3 is 2.90 bits per heavy atom. The molecule has 0 saturated carbocycles. The van der Waals surface area contributed by atoms with E-state index in [1.807, 2.05) is 18.2 Å². The molecule has 1 heterocycles. The van der Waals surface area contributed by atoms with E-state index >= 15 is 0 Å². The minimum atomic E-state index is -0.194. The smallest absolute Gasteiger partial charge is 0.271 e. The maximum absolute atomic E-state index is 12.4. The Labute approximate surface area is 144 Å². The number of halogens is 3. The third kappa shape index (κ3) is 3.00. The SMILES string of the molecule is O=C(N[C@@H]1CCc2c(Cl)cccc21)c1nc(Br)ccc1Br. The largest absolute Gasteiger partial charge is 0.344 e. The fourth-order valence-electron chi connectivity index (χ4n) is 2.56. The van der Waals surface area contributed by atoms with Crippen LogP contribution in [0.5, 0.6) is 0 Å². The number of amides is 1. The van der Waals surface area contributed by atoms with E-state index in [0.717, 1.165) is 29.0 Å². The van der Waals surface area contributed by atoms with Crippen LogP contribution in [0.1, 0.15) is 34.1 Å². The summed E-state index contributed by atoms with van der Waals surface area (Å²) in [7, 11) is 0. The second-order valence-electron chi connectivity index (χ2n) is 4.84. The van der Waals surface area contributed by atoms with Gasteiger partial charge in [0, 0.05) is 9.50 Å². The summed E-state index contributed by atoms with van der Waals surface area (Å²) in [6.45, 7) is 0. The molecule has 0 radical (unpaired) electrons. The predicted molar refractivity (Wildman–Crippen MR) is 89.6 cm³/mol. The Morgan fingerprint density at radius 1 is 1.29 bits per heavy atom. The van der Waals surface area contributed by atoms with E-state index < -0.39 is 0 Å². The average molecular weight is 431 g/mol. The number of hydrogen-bond donors (Lipinski definition) is 1. The molecule has 21 heavy (non-hydrogen) atoms. The molecular formula is C15H11Br2ClN2O. The van der Waals surface area contributed by atoms with Crippen molar-refractivity contribution in [3.05, 3.63) is 61.3 Å². The molecule has 0 saturated heterocycles. The molecule has 1 aliphatic rings. The van der Waals surface area contributed by atoms with Crippen LogP contribution in [0, 0.1) is 0 Å². The van der Waals surface area contributed by atoms with Crippen LogP contribution in [-0.4, -0.2) is 10.9 Å². The summed E-state index contributed by atoms with van der Waals surface area (Å²) >= 11 is 12.8. The molecule has 3 nitrogen and oxygen atoms in total. The van der Waals surface area contributed by atoms with Gasteiger partial charge < -0.3 is 5.32 Å². The van der Waals surface area contributed by atoms with Crippen molar-refractivity contribution in [2.75, 3.05) is 0 Å². The summed E-state index contributed by atoms with van der Waals surface area (Å²) in [6.07, 6.45) is 1.74. The Balaban J connectivity index is 1.84. The van der Waals surface area contributed by atoms with Crippen molar-refractivity contribution in [2.45, 2.75) is 18.9 Å². The number of pyridine rings is 1. The van der Waals surface area contributed by atoms with E-state index in [4.69, 9.17) is 11.6 Å². The van der Waals surface area contributed by atoms with Crippen molar-refractivity contribution >= 4 is 49.4 Å². The zero-order valence-corrected chi connectivity index (χ0v) is 14.8. The zero-order valence-electron chi connectivity index (χ0n) is 10.9. The summed E-state index contributed by atoms with van der Waals surface area (Å²) in [4.78, 5) is 16.6. The van der Waals surface area contributed by atoms with Crippen molar-refractivity contribution in [1.82, 2.24) is 10.3 Å². The molecule has 1 aromatic carbocycles.